The van der Waals surface area contributed by atoms with Crippen LogP contribution in [0.2, 0.25) is 0 Å². The summed E-state index contributed by atoms with van der Waals surface area (Å²) in [4.78, 5) is 36.5. The lowest BCUT2D eigenvalue weighted by atomic mass is 9.99. The van der Waals surface area contributed by atoms with Crippen LogP contribution in [0.1, 0.15) is 13.8 Å². The second kappa shape index (κ2) is 5.30. The van der Waals surface area contributed by atoms with Gasteiger partial charge in [-0.2, -0.15) is 0 Å². The molecule has 0 aromatic heterocycles. The Labute approximate surface area is 110 Å². The molecule has 0 spiro atoms. The predicted octanol–water partition coefficient (Wildman–Crippen LogP) is -1.87. The van der Waals surface area contributed by atoms with Gasteiger partial charge in [-0.3, -0.25) is 14.4 Å². The highest BCUT2D eigenvalue weighted by Crippen LogP contribution is 2.17. The van der Waals surface area contributed by atoms with E-state index in [9.17, 15) is 14.4 Å². The Morgan fingerprint density at radius 3 is 2.72 bits per heavy atom. The SMILES string of the molecule is CC1(C)C(=O)NCCN1C(=O)C(=O)NCC(N)=S. The molecular weight excluding hydrogens is 256 g/mol. The maximum Gasteiger partial charge on any atom is 0.312 e. The van der Waals surface area contributed by atoms with Gasteiger partial charge in [0.25, 0.3) is 0 Å². The first kappa shape index (κ1) is 14.4. The van der Waals surface area contributed by atoms with E-state index < -0.39 is 17.4 Å². The Morgan fingerprint density at radius 2 is 2.17 bits per heavy atom. The fraction of sp³-hybridized carbons (Fsp3) is 0.600. The Kier molecular flexibility index (Phi) is 4.23. The van der Waals surface area contributed by atoms with Crippen LogP contribution in [0.3, 0.4) is 0 Å². The molecule has 0 aliphatic carbocycles. The molecule has 8 heteroatoms. The quantitative estimate of drug-likeness (QED) is 0.403. The molecular formula is C10H16N4O3S. The number of nitrogens with two attached hydrogens (primary N) is 1. The van der Waals surface area contributed by atoms with E-state index in [1.807, 2.05) is 0 Å². The first-order valence-electron chi connectivity index (χ1n) is 5.43. The topological polar surface area (TPSA) is 105 Å². The number of thiocarbonyl (C=S) groups is 1. The van der Waals surface area contributed by atoms with Crippen molar-refractivity contribution in [1.29, 1.82) is 0 Å². The van der Waals surface area contributed by atoms with E-state index in [-0.39, 0.29) is 24.0 Å². The third-order valence-corrected chi connectivity index (χ3v) is 2.86. The summed E-state index contributed by atoms with van der Waals surface area (Å²) >= 11 is 4.59. The highest BCUT2D eigenvalue weighted by molar-refractivity contribution is 7.80. The number of hydrogen-bond donors (Lipinski definition) is 3. The molecule has 0 radical (unpaired) electrons. The molecule has 0 aromatic rings. The molecule has 1 heterocycles. The van der Waals surface area contributed by atoms with Gasteiger partial charge in [-0.1, -0.05) is 12.2 Å². The van der Waals surface area contributed by atoms with Gasteiger partial charge in [0.2, 0.25) is 5.91 Å². The highest BCUT2D eigenvalue weighted by Gasteiger charge is 2.42. The van der Waals surface area contributed by atoms with E-state index in [1.165, 1.54) is 4.90 Å². The van der Waals surface area contributed by atoms with Crippen LogP contribution in [0.15, 0.2) is 0 Å². The predicted molar refractivity (Wildman–Crippen MR) is 68.6 cm³/mol. The molecule has 1 fully saturated rings. The summed E-state index contributed by atoms with van der Waals surface area (Å²) in [5.41, 5.74) is 4.18. The Morgan fingerprint density at radius 1 is 1.56 bits per heavy atom. The largest absolute Gasteiger partial charge is 0.392 e. The van der Waals surface area contributed by atoms with E-state index >= 15 is 0 Å². The second-order valence-corrected chi connectivity index (χ2v) is 4.95. The minimum atomic E-state index is -1.05. The van der Waals surface area contributed by atoms with E-state index in [2.05, 4.69) is 22.9 Å². The molecule has 0 atom stereocenters. The third kappa shape index (κ3) is 2.95. The number of hydrogen-bond acceptors (Lipinski definition) is 4. The van der Waals surface area contributed by atoms with E-state index in [4.69, 9.17) is 5.73 Å². The summed E-state index contributed by atoms with van der Waals surface area (Å²) in [5.74, 6) is -1.86. The van der Waals surface area contributed by atoms with Crippen LogP contribution in [0, 0.1) is 0 Å². The average molecular weight is 272 g/mol. The van der Waals surface area contributed by atoms with Gasteiger partial charge < -0.3 is 21.3 Å². The molecule has 3 amide bonds. The molecule has 18 heavy (non-hydrogen) atoms. The second-order valence-electron chi connectivity index (χ2n) is 4.42. The Balaban J connectivity index is 2.73. The monoisotopic (exact) mass is 272 g/mol. The standard InChI is InChI=1S/C10H16N4O3S/c1-10(2)9(17)12-3-4-14(10)8(16)7(15)13-5-6(11)18/h3-5H2,1-2H3,(H2,11,18)(H,12,17)(H,13,15). The van der Waals surface area contributed by atoms with Crippen LogP contribution in [-0.4, -0.2) is 52.8 Å². The summed E-state index contributed by atoms with van der Waals surface area (Å²) < 4.78 is 0. The lowest BCUT2D eigenvalue weighted by molar-refractivity contribution is -0.155. The molecule has 7 nitrogen and oxygen atoms in total. The molecule has 0 unspecified atom stereocenters. The smallest absolute Gasteiger partial charge is 0.312 e. The van der Waals surface area contributed by atoms with Gasteiger partial charge in [-0.25, -0.2) is 0 Å². The van der Waals surface area contributed by atoms with E-state index in [0.29, 0.717) is 6.54 Å². The lowest BCUT2D eigenvalue weighted by Crippen LogP contribution is -2.65. The highest BCUT2D eigenvalue weighted by atomic mass is 32.1. The third-order valence-electron chi connectivity index (χ3n) is 2.71. The number of carbonyl (C=O) groups excluding carboxylic acids is 3. The van der Waals surface area contributed by atoms with Gasteiger partial charge in [0.05, 0.1) is 11.5 Å². The summed E-state index contributed by atoms with van der Waals surface area (Å²) in [6.07, 6.45) is 0. The molecule has 1 aliphatic rings. The minimum Gasteiger partial charge on any atom is -0.392 e. The van der Waals surface area contributed by atoms with Crippen LogP contribution in [0.4, 0.5) is 0 Å². The molecule has 1 rings (SSSR count). The van der Waals surface area contributed by atoms with Crippen molar-refractivity contribution in [2.24, 2.45) is 5.73 Å². The van der Waals surface area contributed by atoms with Gasteiger partial charge in [-0.05, 0) is 13.8 Å². The first-order chi connectivity index (χ1) is 8.26. The van der Waals surface area contributed by atoms with Crippen LogP contribution in [-0.2, 0) is 14.4 Å². The molecule has 1 saturated heterocycles. The van der Waals surface area contributed by atoms with Crippen molar-refractivity contribution in [3.05, 3.63) is 0 Å². The number of carbonyl (C=O) groups is 3. The minimum absolute atomic E-state index is 0.0413. The molecule has 1 aliphatic heterocycles. The van der Waals surface area contributed by atoms with Gasteiger partial charge >= 0.3 is 11.8 Å². The van der Waals surface area contributed by atoms with Crippen molar-refractivity contribution in [3.63, 3.8) is 0 Å². The first-order valence-corrected chi connectivity index (χ1v) is 5.84. The number of rotatable bonds is 2. The summed E-state index contributed by atoms with van der Waals surface area (Å²) in [7, 11) is 0. The molecule has 100 valence electrons. The van der Waals surface area contributed by atoms with Crippen molar-refractivity contribution >= 4 is 34.9 Å². The fourth-order valence-electron chi connectivity index (χ4n) is 1.62. The maximum atomic E-state index is 11.9. The van der Waals surface area contributed by atoms with Crippen LogP contribution < -0.4 is 16.4 Å². The van der Waals surface area contributed by atoms with Gasteiger partial charge in [0, 0.05) is 13.1 Å². The number of piperazine rings is 1. The van der Waals surface area contributed by atoms with E-state index in [1.54, 1.807) is 13.8 Å². The van der Waals surface area contributed by atoms with Crippen LogP contribution >= 0.6 is 12.2 Å². The molecule has 0 saturated carbocycles. The summed E-state index contributed by atoms with van der Waals surface area (Å²) in [5, 5.41) is 4.94. The zero-order valence-corrected chi connectivity index (χ0v) is 11.1. The zero-order chi connectivity index (χ0) is 13.9. The van der Waals surface area contributed by atoms with Crippen molar-refractivity contribution < 1.29 is 14.4 Å². The normalized spacial score (nSPS) is 17.9. The number of nitrogens with one attached hydrogen (secondary N) is 2. The van der Waals surface area contributed by atoms with Crippen LogP contribution in [0.25, 0.3) is 0 Å². The van der Waals surface area contributed by atoms with Crippen molar-refractivity contribution in [1.82, 2.24) is 15.5 Å². The molecule has 4 N–H and O–H groups in total. The van der Waals surface area contributed by atoms with Gasteiger partial charge in [0.1, 0.15) is 5.54 Å². The zero-order valence-electron chi connectivity index (χ0n) is 10.3. The molecule has 0 aromatic carbocycles. The molecule has 0 bridgehead atoms. The summed E-state index contributed by atoms with van der Waals surface area (Å²) in [6, 6.07) is 0. The maximum absolute atomic E-state index is 11.9. The van der Waals surface area contributed by atoms with E-state index in [0.717, 1.165) is 0 Å². The Hall–Kier alpha value is -1.70. The number of amides is 3. The van der Waals surface area contributed by atoms with Gasteiger partial charge in [0.15, 0.2) is 0 Å². The van der Waals surface area contributed by atoms with Gasteiger partial charge in [-0.15, -0.1) is 0 Å². The number of nitrogens with zero attached hydrogens (tertiary/aromatic N) is 1. The van der Waals surface area contributed by atoms with Crippen molar-refractivity contribution in [2.75, 3.05) is 19.6 Å². The average Bonchev–Trinajstić information content (AvgIpc) is 2.28. The Bertz CT molecular complexity index is 408. The summed E-state index contributed by atoms with van der Waals surface area (Å²) in [6.45, 7) is 3.75. The van der Waals surface area contributed by atoms with Crippen molar-refractivity contribution in [3.8, 4) is 0 Å². The van der Waals surface area contributed by atoms with Crippen molar-refractivity contribution in [2.45, 2.75) is 19.4 Å². The fourth-order valence-corrected chi connectivity index (χ4v) is 1.69. The lowest BCUT2D eigenvalue weighted by Gasteiger charge is -2.40. The van der Waals surface area contributed by atoms with Crippen LogP contribution in [0.5, 0.6) is 0 Å².